The molecule has 0 spiro atoms. The van der Waals surface area contributed by atoms with Crippen molar-refractivity contribution in [3.8, 4) is 0 Å². The highest BCUT2D eigenvalue weighted by atomic mass is 32.1. The largest absolute Gasteiger partial charge is 0.361 e. The molecule has 0 saturated heterocycles. The van der Waals surface area contributed by atoms with Gasteiger partial charge < -0.3 is 9.84 Å². The molecule has 0 fully saturated rings. The Balaban J connectivity index is 1.89. The second-order valence-corrected chi connectivity index (χ2v) is 5.16. The summed E-state index contributed by atoms with van der Waals surface area (Å²) in [6, 6.07) is 0. The highest BCUT2D eigenvalue weighted by molar-refractivity contribution is 7.15. The highest BCUT2D eigenvalue weighted by Crippen LogP contribution is 2.16. The van der Waals surface area contributed by atoms with Gasteiger partial charge in [-0.1, -0.05) is 16.5 Å². The monoisotopic (exact) mass is 266 g/mol. The van der Waals surface area contributed by atoms with Crippen molar-refractivity contribution in [3.05, 3.63) is 22.0 Å². The fourth-order valence-corrected chi connectivity index (χ4v) is 2.23. The molecule has 2 aromatic rings. The van der Waals surface area contributed by atoms with Crippen molar-refractivity contribution in [1.29, 1.82) is 0 Å². The summed E-state index contributed by atoms with van der Waals surface area (Å²) in [7, 11) is 0. The first-order chi connectivity index (χ1) is 8.56. The smallest absolute Gasteiger partial charge is 0.226 e. The Hall–Kier alpha value is -1.76. The molecule has 0 unspecified atom stereocenters. The van der Waals surface area contributed by atoms with Crippen LogP contribution in [0.1, 0.15) is 28.4 Å². The predicted octanol–water partition coefficient (Wildman–Crippen LogP) is 2.02. The molecule has 2 rings (SSSR count). The lowest BCUT2D eigenvalue weighted by molar-refractivity contribution is -0.116. The van der Waals surface area contributed by atoms with Crippen LogP contribution in [0.3, 0.4) is 0 Å². The zero-order chi connectivity index (χ0) is 13.1. The fraction of sp³-hybridized carbons (Fsp3) is 0.455. The lowest BCUT2D eigenvalue weighted by Gasteiger charge is -2.00. The number of nitrogens with zero attached hydrogens (tertiary/aromatic N) is 3. The average molecular weight is 266 g/mol. The second kappa shape index (κ2) is 5.26. The molecule has 0 aromatic carbocycles. The molecule has 1 amide bonds. The lowest BCUT2D eigenvalue weighted by Crippen LogP contribution is -2.12. The number of hydrogen-bond acceptors (Lipinski definition) is 6. The Morgan fingerprint density at radius 1 is 1.33 bits per heavy atom. The predicted molar refractivity (Wildman–Crippen MR) is 67.6 cm³/mol. The van der Waals surface area contributed by atoms with Crippen LogP contribution in [0.2, 0.25) is 0 Å². The number of amides is 1. The summed E-state index contributed by atoms with van der Waals surface area (Å²) in [5, 5.41) is 15.6. The molecular weight excluding hydrogens is 252 g/mol. The van der Waals surface area contributed by atoms with Gasteiger partial charge in [0.2, 0.25) is 11.0 Å². The molecule has 0 radical (unpaired) electrons. The molecule has 0 aliphatic carbocycles. The first-order valence-corrected chi connectivity index (χ1v) is 6.39. The number of hydrogen-bond donors (Lipinski definition) is 1. The van der Waals surface area contributed by atoms with Crippen LogP contribution in [0.4, 0.5) is 5.13 Å². The lowest BCUT2D eigenvalue weighted by atomic mass is 10.1. The van der Waals surface area contributed by atoms with E-state index in [2.05, 4.69) is 20.7 Å². The van der Waals surface area contributed by atoms with Gasteiger partial charge in [0.25, 0.3) is 0 Å². The summed E-state index contributed by atoms with van der Waals surface area (Å²) >= 11 is 1.36. The normalized spacial score (nSPS) is 10.6. The zero-order valence-electron chi connectivity index (χ0n) is 10.5. The van der Waals surface area contributed by atoms with E-state index in [0.29, 0.717) is 18.0 Å². The minimum Gasteiger partial charge on any atom is -0.361 e. The molecule has 0 aliphatic heterocycles. The minimum atomic E-state index is -0.0776. The van der Waals surface area contributed by atoms with Crippen LogP contribution in [0, 0.1) is 20.8 Å². The zero-order valence-corrected chi connectivity index (χ0v) is 11.3. The summed E-state index contributed by atoms with van der Waals surface area (Å²) in [5.41, 5.74) is 1.84. The van der Waals surface area contributed by atoms with Crippen molar-refractivity contribution in [2.45, 2.75) is 33.6 Å². The van der Waals surface area contributed by atoms with Crippen LogP contribution in [-0.4, -0.2) is 21.3 Å². The van der Waals surface area contributed by atoms with Crippen LogP contribution < -0.4 is 5.32 Å². The number of rotatable bonds is 4. The fourth-order valence-electron chi connectivity index (χ4n) is 1.63. The maximum absolute atomic E-state index is 11.7. The van der Waals surface area contributed by atoms with Crippen LogP contribution >= 0.6 is 11.3 Å². The van der Waals surface area contributed by atoms with Gasteiger partial charge >= 0.3 is 0 Å². The topological polar surface area (TPSA) is 80.9 Å². The van der Waals surface area contributed by atoms with Crippen LogP contribution in [-0.2, 0) is 11.2 Å². The maximum atomic E-state index is 11.7. The van der Waals surface area contributed by atoms with Gasteiger partial charge in [-0.05, 0) is 27.2 Å². The van der Waals surface area contributed by atoms with Gasteiger partial charge in [-0.15, -0.1) is 10.2 Å². The SMILES string of the molecule is Cc1nnc(NC(=O)CCc2c(C)noc2C)s1. The first-order valence-electron chi connectivity index (χ1n) is 5.58. The molecule has 1 N–H and O–H groups in total. The van der Waals surface area contributed by atoms with Gasteiger partial charge in [0.05, 0.1) is 5.69 Å². The number of aryl methyl sites for hydroxylation is 3. The number of carbonyl (C=O) groups is 1. The third-order valence-corrected chi connectivity index (χ3v) is 3.31. The quantitative estimate of drug-likeness (QED) is 0.915. The van der Waals surface area contributed by atoms with Crippen molar-refractivity contribution < 1.29 is 9.32 Å². The molecule has 0 bridgehead atoms. The average Bonchev–Trinajstić information content (AvgIpc) is 2.84. The van der Waals surface area contributed by atoms with Crippen molar-refractivity contribution in [3.63, 3.8) is 0 Å². The molecule has 2 heterocycles. The summed E-state index contributed by atoms with van der Waals surface area (Å²) in [4.78, 5) is 11.7. The van der Waals surface area contributed by atoms with Crippen molar-refractivity contribution in [1.82, 2.24) is 15.4 Å². The molecule has 0 aliphatic rings. The van der Waals surface area contributed by atoms with Gasteiger partial charge in [-0.2, -0.15) is 0 Å². The van der Waals surface area contributed by atoms with E-state index >= 15 is 0 Å². The Morgan fingerprint density at radius 3 is 2.67 bits per heavy atom. The van der Waals surface area contributed by atoms with Gasteiger partial charge in [0.1, 0.15) is 10.8 Å². The number of nitrogens with one attached hydrogen (secondary N) is 1. The molecule has 7 heteroatoms. The third-order valence-electron chi connectivity index (χ3n) is 2.56. The molecule has 96 valence electrons. The van der Waals surface area contributed by atoms with Crippen LogP contribution in [0.5, 0.6) is 0 Å². The summed E-state index contributed by atoms with van der Waals surface area (Å²) in [5.74, 6) is 0.693. The Morgan fingerprint density at radius 2 is 2.11 bits per heavy atom. The number of carbonyl (C=O) groups excluding carboxylic acids is 1. The van der Waals surface area contributed by atoms with Gasteiger partial charge in [-0.3, -0.25) is 4.79 Å². The van der Waals surface area contributed by atoms with Crippen molar-refractivity contribution in [2.75, 3.05) is 5.32 Å². The van der Waals surface area contributed by atoms with E-state index in [9.17, 15) is 4.79 Å². The van der Waals surface area contributed by atoms with E-state index in [4.69, 9.17) is 4.52 Å². The maximum Gasteiger partial charge on any atom is 0.226 e. The first kappa shape index (κ1) is 12.7. The van der Waals surface area contributed by atoms with Gasteiger partial charge in [0, 0.05) is 12.0 Å². The van der Waals surface area contributed by atoms with E-state index in [1.807, 2.05) is 20.8 Å². The Labute approximate surface area is 108 Å². The number of aromatic nitrogens is 3. The second-order valence-electron chi connectivity index (χ2n) is 3.98. The third kappa shape index (κ3) is 2.92. The minimum absolute atomic E-state index is 0.0776. The Bertz CT molecular complexity index is 542. The Kier molecular flexibility index (Phi) is 3.71. The molecule has 0 atom stereocenters. The molecular formula is C11H14N4O2S. The molecule has 6 nitrogen and oxygen atoms in total. The molecule has 18 heavy (non-hydrogen) atoms. The standard InChI is InChI=1S/C11H14N4O2S/c1-6-9(7(2)17-15-6)4-5-10(16)12-11-14-13-8(3)18-11/h4-5H2,1-3H3,(H,12,14,16). The van der Waals surface area contributed by atoms with Crippen LogP contribution in [0.15, 0.2) is 4.52 Å². The summed E-state index contributed by atoms with van der Waals surface area (Å²) in [6.45, 7) is 5.57. The molecule has 0 saturated carbocycles. The van der Waals surface area contributed by atoms with Gasteiger partial charge in [-0.25, -0.2) is 0 Å². The van der Waals surface area contributed by atoms with Crippen molar-refractivity contribution in [2.24, 2.45) is 0 Å². The van der Waals surface area contributed by atoms with E-state index < -0.39 is 0 Å². The van der Waals surface area contributed by atoms with E-state index in [0.717, 1.165) is 22.0 Å². The van der Waals surface area contributed by atoms with Crippen LogP contribution in [0.25, 0.3) is 0 Å². The van der Waals surface area contributed by atoms with Crippen molar-refractivity contribution >= 4 is 22.4 Å². The highest BCUT2D eigenvalue weighted by Gasteiger charge is 2.12. The van der Waals surface area contributed by atoms with E-state index in [-0.39, 0.29) is 5.91 Å². The number of anilines is 1. The molecule has 2 aromatic heterocycles. The summed E-state index contributed by atoms with van der Waals surface area (Å²) < 4.78 is 5.05. The summed E-state index contributed by atoms with van der Waals surface area (Å²) in [6.07, 6.45) is 0.992. The van der Waals surface area contributed by atoms with E-state index in [1.54, 1.807) is 0 Å². The van der Waals surface area contributed by atoms with Gasteiger partial charge in [0.15, 0.2) is 0 Å². The van der Waals surface area contributed by atoms with E-state index in [1.165, 1.54) is 11.3 Å².